The van der Waals surface area contributed by atoms with Gasteiger partial charge < -0.3 is 15.4 Å². The van der Waals surface area contributed by atoms with Crippen LogP contribution in [-0.4, -0.2) is 35.8 Å². The molecule has 1 aliphatic rings. The molecule has 2 aromatic rings. The van der Waals surface area contributed by atoms with E-state index in [1.165, 1.54) is 0 Å². The van der Waals surface area contributed by atoms with E-state index in [0.717, 1.165) is 30.6 Å². The van der Waals surface area contributed by atoms with E-state index in [4.69, 9.17) is 16.3 Å². The first kappa shape index (κ1) is 14.9. The van der Waals surface area contributed by atoms with Crippen LogP contribution in [0.1, 0.15) is 12.8 Å². The number of benzene rings is 1. The highest BCUT2D eigenvalue weighted by Crippen LogP contribution is 2.32. The van der Waals surface area contributed by atoms with E-state index >= 15 is 0 Å². The Morgan fingerprint density at radius 1 is 1.45 bits per heavy atom. The summed E-state index contributed by atoms with van der Waals surface area (Å²) < 4.78 is 5.32. The van der Waals surface area contributed by atoms with Gasteiger partial charge in [-0.25, -0.2) is 0 Å². The molecule has 0 bridgehead atoms. The summed E-state index contributed by atoms with van der Waals surface area (Å²) in [6.07, 6.45) is 1.87. The van der Waals surface area contributed by atoms with E-state index in [1.807, 2.05) is 0 Å². The van der Waals surface area contributed by atoms with Crippen molar-refractivity contribution in [2.75, 3.05) is 19.0 Å². The number of hydrogen-bond donors (Lipinski definition) is 3. The normalized spacial score (nSPS) is 17.5. The molecule has 22 heavy (non-hydrogen) atoms. The Labute approximate surface area is 133 Å². The lowest BCUT2D eigenvalue weighted by Gasteiger charge is -2.08. The van der Waals surface area contributed by atoms with Crippen LogP contribution in [0.25, 0.3) is 11.3 Å². The molecule has 3 rings (SSSR count). The van der Waals surface area contributed by atoms with Gasteiger partial charge in [-0.1, -0.05) is 11.6 Å². The number of carbonyl (C=O) groups excluding carboxylic acids is 1. The van der Waals surface area contributed by atoms with Crippen LogP contribution < -0.4 is 15.4 Å². The van der Waals surface area contributed by atoms with E-state index in [-0.39, 0.29) is 11.9 Å². The second kappa shape index (κ2) is 6.37. The van der Waals surface area contributed by atoms with Crippen molar-refractivity contribution in [2.24, 2.45) is 0 Å². The number of aromatic amines is 1. The Kier molecular flexibility index (Phi) is 4.31. The van der Waals surface area contributed by atoms with Gasteiger partial charge in [-0.2, -0.15) is 5.10 Å². The van der Waals surface area contributed by atoms with Crippen molar-refractivity contribution in [3.8, 4) is 17.0 Å². The molecular weight excluding hydrogens is 304 g/mol. The molecule has 0 spiro atoms. The molecule has 3 N–H and O–H groups in total. The van der Waals surface area contributed by atoms with Gasteiger partial charge in [0.15, 0.2) is 5.82 Å². The molecule has 1 amide bonds. The largest absolute Gasteiger partial charge is 0.496 e. The molecule has 1 aromatic heterocycles. The highest BCUT2D eigenvalue weighted by atomic mass is 35.5. The third-order valence-corrected chi connectivity index (χ3v) is 3.89. The number of H-pyrrole nitrogens is 1. The van der Waals surface area contributed by atoms with E-state index in [2.05, 4.69) is 20.8 Å². The third-order valence-electron chi connectivity index (χ3n) is 3.66. The second-order valence-electron chi connectivity index (χ2n) is 5.15. The first-order valence-electron chi connectivity index (χ1n) is 7.11. The monoisotopic (exact) mass is 320 g/mol. The van der Waals surface area contributed by atoms with Gasteiger partial charge in [0.2, 0.25) is 5.91 Å². The quantitative estimate of drug-likeness (QED) is 0.808. The average molecular weight is 321 g/mol. The van der Waals surface area contributed by atoms with E-state index in [0.29, 0.717) is 16.6 Å². The molecule has 1 atom stereocenters. The number of hydrogen-bond acceptors (Lipinski definition) is 4. The van der Waals surface area contributed by atoms with Crippen molar-refractivity contribution in [1.29, 1.82) is 0 Å². The summed E-state index contributed by atoms with van der Waals surface area (Å²) in [5.74, 6) is 1.10. The van der Waals surface area contributed by atoms with Crippen molar-refractivity contribution in [3.05, 3.63) is 29.3 Å². The standard InChI is InChI=1S/C15H17ClN4O2/c1-22-13-5-4-9(16)7-10(13)12-8-14(20-19-12)18-15(21)11-3-2-6-17-11/h4-5,7-8,11,17H,2-3,6H2,1H3,(H2,18,19,20,21). The van der Waals surface area contributed by atoms with Crippen LogP contribution in [0, 0.1) is 0 Å². The number of aromatic nitrogens is 2. The fourth-order valence-electron chi connectivity index (χ4n) is 2.54. The first-order valence-corrected chi connectivity index (χ1v) is 7.49. The van der Waals surface area contributed by atoms with Gasteiger partial charge in [0.25, 0.3) is 0 Å². The number of halogens is 1. The van der Waals surface area contributed by atoms with Gasteiger partial charge in [-0.15, -0.1) is 0 Å². The van der Waals surface area contributed by atoms with Crippen LogP contribution in [0.3, 0.4) is 0 Å². The topological polar surface area (TPSA) is 79.0 Å². The van der Waals surface area contributed by atoms with Gasteiger partial charge in [0, 0.05) is 16.7 Å². The van der Waals surface area contributed by atoms with E-state index in [1.54, 1.807) is 31.4 Å². The number of methoxy groups -OCH3 is 1. The zero-order valence-electron chi connectivity index (χ0n) is 12.1. The average Bonchev–Trinajstić information content (AvgIpc) is 3.18. The maximum atomic E-state index is 12.1. The van der Waals surface area contributed by atoms with Crippen molar-refractivity contribution in [2.45, 2.75) is 18.9 Å². The minimum absolute atomic E-state index is 0.0615. The molecule has 0 radical (unpaired) electrons. The van der Waals surface area contributed by atoms with Gasteiger partial charge in [0.05, 0.1) is 18.8 Å². The molecule has 2 heterocycles. The molecule has 1 fully saturated rings. The lowest BCUT2D eigenvalue weighted by atomic mass is 10.1. The number of ether oxygens (including phenoxy) is 1. The summed E-state index contributed by atoms with van der Waals surface area (Å²) in [7, 11) is 1.59. The number of carbonyl (C=O) groups is 1. The van der Waals surface area contributed by atoms with Crippen molar-refractivity contribution in [1.82, 2.24) is 15.5 Å². The lowest BCUT2D eigenvalue weighted by Crippen LogP contribution is -2.35. The van der Waals surface area contributed by atoms with Crippen LogP contribution in [-0.2, 0) is 4.79 Å². The summed E-state index contributed by atoms with van der Waals surface area (Å²) in [5.41, 5.74) is 1.52. The Hall–Kier alpha value is -2.05. The summed E-state index contributed by atoms with van der Waals surface area (Å²) in [5, 5.41) is 13.6. The van der Waals surface area contributed by atoms with Crippen molar-refractivity contribution in [3.63, 3.8) is 0 Å². The predicted octanol–water partition coefficient (Wildman–Crippen LogP) is 2.43. The van der Waals surface area contributed by atoms with Crippen molar-refractivity contribution < 1.29 is 9.53 Å². The Morgan fingerprint density at radius 2 is 2.32 bits per heavy atom. The van der Waals surface area contributed by atoms with Crippen LogP contribution >= 0.6 is 11.6 Å². The molecule has 0 saturated carbocycles. The van der Waals surface area contributed by atoms with Gasteiger partial charge in [-0.3, -0.25) is 9.89 Å². The lowest BCUT2D eigenvalue weighted by molar-refractivity contribution is -0.117. The van der Waals surface area contributed by atoms with Crippen LogP contribution in [0.4, 0.5) is 5.82 Å². The molecule has 7 heteroatoms. The number of rotatable bonds is 4. The Morgan fingerprint density at radius 3 is 3.05 bits per heavy atom. The maximum Gasteiger partial charge on any atom is 0.242 e. The molecule has 1 aliphatic heterocycles. The molecule has 6 nitrogen and oxygen atoms in total. The highest BCUT2D eigenvalue weighted by Gasteiger charge is 2.22. The smallest absolute Gasteiger partial charge is 0.242 e. The summed E-state index contributed by atoms with van der Waals surface area (Å²) in [4.78, 5) is 12.1. The SMILES string of the molecule is COc1ccc(Cl)cc1-c1cc(NC(=O)C2CCCN2)n[nH]1. The number of anilines is 1. The molecular formula is C15H17ClN4O2. The van der Waals surface area contributed by atoms with Gasteiger partial charge in [0.1, 0.15) is 5.75 Å². The summed E-state index contributed by atoms with van der Waals surface area (Å²) >= 11 is 6.03. The first-order chi connectivity index (χ1) is 10.7. The fourth-order valence-corrected chi connectivity index (χ4v) is 2.71. The molecule has 1 aromatic carbocycles. The Bertz CT molecular complexity index is 680. The van der Waals surface area contributed by atoms with Gasteiger partial charge >= 0.3 is 0 Å². The predicted molar refractivity (Wildman–Crippen MR) is 85.2 cm³/mol. The van der Waals surface area contributed by atoms with Gasteiger partial charge in [-0.05, 0) is 37.6 Å². The minimum Gasteiger partial charge on any atom is -0.496 e. The van der Waals surface area contributed by atoms with Crippen molar-refractivity contribution >= 4 is 23.3 Å². The van der Waals surface area contributed by atoms with E-state index < -0.39 is 0 Å². The fraction of sp³-hybridized carbons (Fsp3) is 0.333. The molecule has 1 unspecified atom stereocenters. The number of nitrogens with zero attached hydrogens (tertiary/aromatic N) is 1. The van der Waals surface area contributed by atoms with Crippen LogP contribution in [0.5, 0.6) is 5.75 Å². The summed E-state index contributed by atoms with van der Waals surface area (Å²) in [6.45, 7) is 0.879. The zero-order valence-corrected chi connectivity index (χ0v) is 12.9. The number of amides is 1. The van der Waals surface area contributed by atoms with Crippen LogP contribution in [0.2, 0.25) is 5.02 Å². The molecule has 0 aliphatic carbocycles. The zero-order chi connectivity index (χ0) is 15.5. The third kappa shape index (κ3) is 3.08. The highest BCUT2D eigenvalue weighted by molar-refractivity contribution is 6.31. The maximum absolute atomic E-state index is 12.1. The van der Waals surface area contributed by atoms with Crippen LogP contribution in [0.15, 0.2) is 24.3 Å². The minimum atomic E-state index is -0.138. The Balaban J connectivity index is 1.79. The molecule has 1 saturated heterocycles. The second-order valence-corrected chi connectivity index (χ2v) is 5.59. The number of nitrogens with one attached hydrogen (secondary N) is 3. The summed E-state index contributed by atoms with van der Waals surface area (Å²) in [6, 6.07) is 6.97. The van der Waals surface area contributed by atoms with E-state index in [9.17, 15) is 4.79 Å². The molecule has 116 valence electrons.